The van der Waals surface area contributed by atoms with Crippen LogP contribution in [0.25, 0.3) is 0 Å². The van der Waals surface area contributed by atoms with Gasteiger partial charge in [0.1, 0.15) is 17.9 Å². The molecule has 0 unspecified atom stereocenters. The Morgan fingerprint density at radius 3 is 2.77 bits per heavy atom. The first-order chi connectivity index (χ1) is 15.0. The Labute approximate surface area is 183 Å². The zero-order chi connectivity index (χ0) is 22.1. The minimum absolute atomic E-state index is 0.0471. The molecule has 0 saturated carbocycles. The zero-order valence-electron chi connectivity index (χ0n) is 16.8. The number of hydrogen-bond donors (Lipinski definition) is 2. The molecule has 0 amide bonds. The maximum Gasteiger partial charge on any atom is 0.339 e. The summed E-state index contributed by atoms with van der Waals surface area (Å²) in [6.45, 7) is 2.35. The van der Waals surface area contributed by atoms with Crippen LogP contribution in [0.2, 0.25) is 0 Å². The molecule has 9 heteroatoms. The van der Waals surface area contributed by atoms with Gasteiger partial charge in [-0.15, -0.1) is 11.3 Å². The van der Waals surface area contributed by atoms with E-state index in [-0.39, 0.29) is 30.3 Å². The van der Waals surface area contributed by atoms with Crippen LogP contribution in [-0.4, -0.2) is 34.9 Å². The highest BCUT2D eigenvalue weighted by atomic mass is 32.1. The van der Waals surface area contributed by atoms with E-state index in [0.29, 0.717) is 23.0 Å². The number of carbonyl (C=O) groups is 2. The molecule has 0 atom stereocenters. The fraction of sp³-hybridized carbons (Fsp3) is 0.182. The number of nitrogens with zero attached hydrogens (tertiary/aromatic N) is 2. The summed E-state index contributed by atoms with van der Waals surface area (Å²) in [5.41, 5.74) is 4.94. The van der Waals surface area contributed by atoms with Gasteiger partial charge in [0.2, 0.25) is 5.13 Å². The van der Waals surface area contributed by atoms with Gasteiger partial charge in [-0.2, -0.15) is 5.10 Å². The van der Waals surface area contributed by atoms with Crippen LogP contribution in [0.15, 0.2) is 59.0 Å². The number of aromatic carboxylic acids is 1. The lowest BCUT2D eigenvalue weighted by Gasteiger charge is -2.10. The lowest BCUT2D eigenvalue weighted by atomic mass is 10.1. The third kappa shape index (κ3) is 6.65. The van der Waals surface area contributed by atoms with Gasteiger partial charge in [0.15, 0.2) is 0 Å². The Bertz CT molecular complexity index is 1070. The number of aromatic nitrogens is 1. The van der Waals surface area contributed by atoms with Crippen molar-refractivity contribution in [2.45, 2.75) is 20.0 Å². The number of esters is 1. The van der Waals surface area contributed by atoms with Crippen LogP contribution in [0.5, 0.6) is 5.75 Å². The van der Waals surface area contributed by atoms with E-state index in [1.165, 1.54) is 23.6 Å². The summed E-state index contributed by atoms with van der Waals surface area (Å²) in [5, 5.41) is 15.9. The number of carbonyl (C=O) groups excluding carboxylic acids is 1. The first-order valence-electron chi connectivity index (χ1n) is 9.48. The third-order valence-corrected chi connectivity index (χ3v) is 4.82. The van der Waals surface area contributed by atoms with E-state index in [1.54, 1.807) is 24.4 Å². The quantitative estimate of drug-likeness (QED) is 0.279. The van der Waals surface area contributed by atoms with Crippen molar-refractivity contribution in [1.29, 1.82) is 0 Å². The number of hydrogen-bond acceptors (Lipinski definition) is 8. The summed E-state index contributed by atoms with van der Waals surface area (Å²) in [6, 6.07) is 14.3. The van der Waals surface area contributed by atoms with Gasteiger partial charge in [0, 0.05) is 5.38 Å². The van der Waals surface area contributed by atoms with Crippen molar-refractivity contribution in [3.05, 3.63) is 76.3 Å². The minimum atomic E-state index is -1.09. The van der Waals surface area contributed by atoms with Crippen LogP contribution in [-0.2, 0) is 22.6 Å². The molecule has 1 aromatic heterocycles. The topological polar surface area (TPSA) is 110 Å². The van der Waals surface area contributed by atoms with Crippen LogP contribution < -0.4 is 10.2 Å². The van der Waals surface area contributed by atoms with Gasteiger partial charge in [-0.3, -0.25) is 10.2 Å². The van der Waals surface area contributed by atoms with Gasteiger partial charge in [-0.05, 0) is 36.2 Å². The lowest BCUT2D eigenvalue weighted by molar-refractivity contribution is -0.142. The summed E-state index contributed by atoms with van der Waals surface area (Å²) in [6.07, 6.45) is 1.59. The molecule has 2 N–H and O–H groups in total. The number of anilines is 1. The maximum absolute atomic E-state index is 11.6. The first-order valence-corrected chi connectivity index (χ1v) is 10.4. The molecule has 3 aromatic rings. The summed E-state index contributed by atoms with van der Waals surface area (Å²) >= 11 is 1.30. The predicted octanol–water partition coefficient (Wildman–Crippen LogP) is 3.97. The van der Waals surface area contributed by atoms with E-state index in [9.17, 15) is 14.7 Å². The zero-order valence-corrected chi connectivity index (χ0v) is 17.6. The van der Waals surface area contributed by atoms with Gasteiger partial charge in [-0.25, -0.2) is 9.78 Å². The van der Waals surface area contributed by atoms with E-state index >= 15 is 0 Å². The third-order valence-electron chi connectivity index (χ3n) is 4.03. The molecule has 3 rings (SSSR count). The molecule has 0 radical (unpaired) electrons. The number of rotatable bonds is 10. The molecule has 0 spiro atoms. The van der Waals surface area contributed by atoms with E-state index in [4.69, 9.17) is 9.47 Å². The highest BCUT2D eigenvalue weighted by molar-refractivity contribution is 7.13. The van der Waals surface area contributed by atoms with Crippen LogP contribution in [0.4, 0.5) is 5.13 Å². The lowest BCUT2D eigenvalue weighted by Crippen LogP contribution is -2.07. The minimum Gasteiger partial charge on any atom is -0.488 e. The molecular formula is C22H21N3O5S. The van der Waals surface area contributed by atoms with Crippen molar-refractivity contribution in [3.8, 4) is 5.75 Å². The Balaban J connectivity index is 1.61. The molecule has 2 aromatic carbocycles. The highest BCUT2D eigenvalue weighted by Crippen LogP contribution is 2.21. The second-order valence-electron chi connectivity index (χ2n) is 6.33. The normalized spacial score (nSPS) is 10.7. The maximum atomic E-state index is 11.6. The fourth-order valence-electron chi connectivity index (χ4n) is 2.62. The second kappa shape index (κ2) is 10.9. The number of nitrogens with one attached hydrogen (secondary N) is 1. The molecule has 8 nitrogen and oxygen atoms in total. The SMILES string of the molecule is CCOC(=O)Cc1csc(NN=Cc2ccc(OCc3ccccc3)c(C(=O)O)c2)n1. The molecule has 0 bridgehead atoms. The van der Waals surface area contributed by atoms with Crippen molar-refractivity contribution in [1.82, 2.24) is 4.98 Å². The number of ether oxygens (including phenoxy) is 2. The van der Waals surface area contributed by atoms with Crippen LogP contribution >= 0.6 is 11.3 Å². The van der Waals surface area contributed by atoms with Gasteiger partial charge < -0.3 is 14.6 Å². The van der Waals surface area contributed by atoms with Gasteiger partial charge in [0.25, 0.3) is 0 Å². The highest BCUT2D eigenvalue weighted by Gasteiger charge is 2.12. The number of thiazole rings is 1. The van der Waals surface area contributed by atoms with Crippen molar-refractivity contribution in [3.63, 3.8) is 0 Å². The molecule has 0 aliphatic heterocycles. The Hall–Kier alpha value is -3.72. The molecule has 0 fully saturated rings. The Morgan fingerprint density at radius 1 is 1.23 bits per heavy atom. The molecule has 31 heavy (non-hydrogen) atoms. The summed E-state index contributed by atoms with van der Waals surface area (Å²) in [4.78, 5) is 27.4. The van der Waals surface area contributed by atoms with Crippen LogP contribution in [0, 0.1) is 0 Å². The Kier molecular flexibility index (Phi) is 7.72. The largest absolute Gasteiger partial charge is 0.488 e. The predicted molar refractivity (Wildman–Crippen MR) is 118 cm³/mol. The summed E-state index contributed by atoms with van der Waals surface area (Å²) in [7, 11) is 0. The molecule has 160 valence electrons. The number of carboxylic acid groups (broad SMARTS) is 1. The molecular weight excluding hydrogens is 418 g/mol. The summed E-state index contributed by atoms with van der Waals surface area (Å²) in [5.74, 6) is -1.14. The smallest absolute Gasteiger partial charge is 0.339 e. The average Bonchev–Trinajstić information content (AvgIpc) is 3.20. The van der Waals surface area contributed by atoms with Gasteiger partial charge in [0.05, 0.1) is 24.9 Å². The van der Waals surface area contributed by atoms with E-state index in [0.717, 1.165) is 5.56 Å². The van der Waals surface area contributed by atoms with E-state index in [1.807, 2.05) is 30.3 Å². The Morgan fingerprint density at radius 2 is 2.03 bits per heavy atom. The number of carboxylic acids is 1. The molecule has 0 saturated heterocycles. The standard InChI is InChI=1S/C22H21N3O5S/c1-2-29-20(26)11-17-14-31-22(24-17)25-23-12-16-8-9-19(18(10-16)21(27)28)30-13-15-6-4-3-5-7-15/h3-10,12,14H,2,11,13H2,1H3,(H,24,25)(H,27,28). The second-order valence-corrected chi connectivity index (χ2v) is 7.19. The summed E-state index contributed by atoms with van der Waals surface area (Å²) < 4.78 is 10.6. The average molecular weight is 439 g/mol. The van der Waals surface area contributed by atoms with Crippen molar-refractivity contribution in [2.24, 2.45) is 5.10 Å². The van der Waals surface area contributed by atoms with Crippen molar-refractivity contribution >= 4 is 34.6 Å². The monoisotopic (exact) mass is 439 g/mol. The van der Waals surface area contributed by atoms with Gasteiger partial charge in [-0.1, -0.05) is 30.3 Å². The molecule has 1 heterocycles. The number of hydrazone groups is 1. The molecule has 0 aliphatic carbocycles. The van der Waals surface area contributed by atoms with Crippen LogP contribution in [0.1, 0.15) is 34.1 Å². The number of benzene rings is 2. The van der Waals surface area contributed by atoms with Crippen molar-refractivity contribution < 1.29 is 24.2 Å². The molecule has 0 aliphatic rings. The van der Waals surface area contributed by atoms with Crippen molar-refractivity contribution in [2.75, 3.05) is 12.0 Å². The van der Waals surface area contributed by atoms with E-state index < -0.39 is 5.97 Å². The first kappa shape index (κ1) is 22.0. The fourth-order valence-corrected chi connectivity index (χ4v) is 3.28. The van der Waals surface area contributed by atoms with Crippen LogP contribution in [0.3, 0.4) is 0 Å². The van der Waals surface area contributed by atoms with Gasteiger partial charge >= 0.3 is 11.9 Å². The van der Waals surface area contributed by atoms with E-state index in [2.05, 4.69) is 15.5 Å².